The highest BCUT2D eigenvalue weighted by Gasteiger charge is 2.50. The predicted octanol–water partition coefficient (Wildman–Crippen LogP) is 6.77. The predicted molar refractivity (Wildman–Crippen MR) is 190 cm³/mol. The highest BCUT2D eigenvalue weighted by Crippen LogP contribution is 2.35. The van der Waals surface area contributed by atoms with Crippen molar-refractivity contribution < 1.29 is 47.9 Å². The van der Waals surface area contributed by atoms with Gasteiger partial charge in [0, 0.05) is 20.3 Å². The summed E-state index contributed by atoms with van der Waals surface area (Å²) in [7, 11) is 0. The van der Waals surface area contributed by atoms with E-state index in [9.17, 15) is 14.7 Å². The Morgan fingerprint density at radius 3 is 1.40 bits per heavy atom. The van der Waals surface area contributed by atoms with E-state index in [1.165, 1.54) is 13.8 Å². The molecule has 2 saturated heterocycles. The van der Waals surface area contributed by atoms with Crippen molar-refractivity contribution in [2.75, 3.05) is 6.61 Å². The zero-order valence-corrected chi connectivity index (χ0v) is 29.3. The molecule has 52 heavy (non-hydrogen) atoms. The number of esters is 2. The van der Waals surface area contributed by atoms with Crippen LogP contribution in [0.2, 0.25) is 0 Å². The van der Waals surface area contributed by atoms with Crippen molar-refractivity contribution in [1.82, 2.24) is 0 Å². The van der Waals surface area contributed by atoms with Crippen LogP contribution in [-0.4, -0.2) is 60.0 Å². The van der Waals surface area contributed by atoms with E-state index in [-0.39, 0.29) is 32.8 Å². The third-order valence-corrected chi connectivity index (χ3v) is 8.75. The molecule has 0 unspecified atom stereocenters. The fourth-order valence-electron chi connectivity index (χ4n) is 6.23. The van der Waals surface area contributed by atoms with E-state index in [0.29, 0.717) is 6.61 Å². The van der Waals surface area contributed by atoms with Crippen LogP contribution < -0.4 is 0 Å². The van der Waals surface area contributed by atoms with E-state index in [4.69, 9.17) is 33.2 Å². The van der Waals surface area contributed by atoms with Gasteiger partial charge in [0.05, 0.1) is 39.1 Å². The number of aliphatic hydroxyl groups excluding tert-OH is 1. The Hall–Kier alpha value is -4.84. The Morgan fingerprint density at radius 1 is 0.577 bits per heavy atom. The summed E-state index contributed by atoms with van der Waals surface area (Å²) in [5.41, 5.74) is 3.19. The lowest BCUT2D eigenvalue weighted by atomic mass is 9.91. The molecule has 2 heterocycles. The van der Waals surface area contributed by atoms with Gasteiger partial charge in [0.1, 0.15) is 30.2 Å². The summed E-state index contributed by atoms with van der Waals surface area (Å²) in [6, 6.07) is 38.9. The molecule has 272 valence electrons. The van der Waals surface area contributed by atoms with Gasteiger partial charge in [0.15, 0.2) is 5.57 Å². The monoisotopic (exact) mass is 708 g/mol. The topological polar surface area (TPSA) is 119 Å². The van der Waals surface area contributed by atoms with Gasteiger partial charge in [-0.3, -0.25) is 0 Å². The molecule has 5 atom stereocenters. The molecule has 0 spiro atoms. The molecule has 2 aliphatic heterocycles. The fraction of sp³-hybridized carbons (Fsp3) is 0.333. The third-order valence-electron chi connectivity index (χ3n) is 8.75. The summed E-state index contributed by atoms with van der Waals surface area (Å²) < 4.78 is 43.5. The molecular weight excluding hydrogens is 664 g/mol. The van der Waals surface area contributed by atoms with Crippen molar-refractivity contribution in [2.45, 2.75) is 83.0 Å². The summed E-state index contributed by atoms with van der Waals surface area (Å²) in [6.45, 7) is 3.99. The van der Waals surface area contributed by atoms with Gasteiger partial charge in [-0.15, -0.1) is 0 Å². The molecule has 6 rings (SSSR count). The minimum Gasteiger partial charge on any atom is -0.511 e. The summed E-state index contributed by atoms with van der Waals surface area (Å²) >= 11 is 0. The minimum atomic E-state index is -1.47. The molecule has 0 aromatic heterocycles. The Bertz CT molecular complexity index is 1740. The lowest BCUT2D eigenvalue weighted by molar-refractivity contribution is -0.273. The molecule has 10 nitrogen and oxygen atoms in total. The van der Waals surface area contributed by atoms with Crippen molar-refractivity contribution in [3.8, 4) is 0 Å². The number of carbonyl (C=O) groups is 2. The number of rotatable bonds is 15. The summed E-state index contributed by atoms with van der Waals surface area (Å²) in [5, 5.41) is 11.4. The molecule has 4 aromatic carbocycles. The van der Waals surface area contributed by atoms with Crippen LogP contribution in [0.3, 0.4) is 0 Å². The van der Waals surface area contributed by atoms with Crippen LogP contribution >= 0.6 is 0 Å². The molecule has 4 aromatic rings. The number of hydrogen-bond donors (Lipinski definition) is 1. The maximum atomic E-state index is 13.0. The first kappa shape index (κ1) is 36.9. The number of benzene rings is 4. The lowest BCUT2D eigenvalue weighted by Crippen LogP contribution is -2.61. The van der Waals surface area contributed by atoms with Gasteiger partial charge in [-0.05, 0) is 22.3 Å². The Kier molecular flexibility index (Phi) is 12.5. The standard InChI is InChI=1S/C42H44O10/c1-42(2)51-40(44)36(41(45)52-42)33(43)23-34-37(47-25-30-17-9-4-10-18-30)39(49-27-32-21-13-6-14-22-32)38(48-26-31-19-11-5-12-20-31)35(50-34)28-46-24-29-15-7-3-8-16-29/h3-22,34-35,37-39,43H,23-28H2,1-2H3/t34-,35+,37-,38-,39+/m0/s1. The van der Waals surface area contributed by atoms with Crippen molar-refractivity contribution in [2.24, 2.45) is 0 Å². The van der Waals surface area contributed by atoms with Gasteiger partial charge < -0.3 is 38.3 Å². The molecule has 2 aliphatic rings. The summed E-state index contributed by atoms with van der Waals surface area (Å²) in [5.74, 6) is -3.99. The molecular formula is C42H44O10. The second-order valence-corrected chi connectivity index (χ2v) is 13.2. The number of cyclic esters (lactones) is 2. The zero-order valence-electron chi connectivity index (χ0n) is 29.3. The fourth-order valence-corrected chi connectivity index (χ4v) is 6.23. The molecule has 0 amide bonds. The average molecular weight is 709 g/mol. The lowest BCUT2D eigenvalue weighted by Gasteiger charge is -2.46. The van der Waals surface area contributed by atoms with Gasteiger partial charge in [-0.2, -0.15) is 0 Å². The SMILES string of the molecule is CC1(C)OC(=O)C(=C(O)C[C@@H]2O[C@H](COCc3ccccc3)[C@H](OCc3ccccc3)[C@H](OCc3ccccc3)[C@H]2OCc2ccccc2)C(=O)O1. The first-order valence-electron chi connectivity index (χ1n) is 17.4. The van der Waals surface area contributed by atoms with Crippen LogP contribution in [0.25, 0.3) is 0 Å². The van der Waals surface area contributed by atoms with Gasteiger partial charge in [0.25, 0.3) is 5.79 Å². The van der Waals surface area contributed by atoms with Crippen LogP contribution in [0.15, 0.2) is 133 Å². The number of carbonyl (C=O) groups excluding carboxylic acids is 2. The van der Waals surface area contributed by atoms with Gasteiger partial charge in [-0.1, -0.05) is 121 Å². The van der Waals surface area contributed by atoms with E-state index < -0.39 is 59.6 Å². The average Bonchev–Trinajstić information content (AvgIpc) is 3.14. The minimum absolute atomic E-state index is 0.108. The Labute approximate surface area is 303 Å². The van der Waals surface area contributed by atoms with Crippen molar-refractivity contribution in [1.29, 1.82) is 0 Å². The molecule has 10 heteroatoms. The van der Waals surface area contributed by atoms with E-state index >= 15 is 0 Å². The van der Waals surface area contributed by atoms with Gasteiger partial charge in [0.2, 0.25) is 0 Å². The molecule has 0 saturated carbocycles. The van der Waals surface area contributed by atoms with E-state index in [1.807, 2.05) is 121 Å². The normalized spacial score (nSPS) is 22.7. The van der Waals surface area contributed by atoms with Crippen molar-refractivity contribution in [3.63, 3.8) is 0 Å². The molecule has 2 fully saturated rings. The molecule has 0 bridgehead atoms. The molecule has 0 aliphatic carbocycles. The van der Waals surface area contributed by atoms with Gasteiger partial charge >= 0.3 is 11.9 Å². The Morgan fingerprint density at radius 2 is 0.962 bits per heavy atom. The number of hydrogen-bond acceptors (Lipinski definition) is 10. The smallest absolute Gasteiger partial charge is 0.352 e. The highest BCUT2D eigenvalue weighted by molar-refractivity contribution is 6.15. The van der Waals surface area contributed by atoms with Crippen LogP contribution in [0, 0.1) is 0 Å². The van der Waals surface area contributed by atoms with Crippen LogP contribution in [0.5, 0.6) is 0 Å². The summed E-state index contributed by atoms with van der Waals surface area (Å²) in [6.07, 6.45) is -4.21. The molecule has 0 radical (unpaired) electrons. The summed E-state index contributed by atoms with van der Waals surface area (Å²) in [4.78, 5) is 25.9. The number of ether oxygens (including phenoxy) is 7. The van der Waals surface area contributed by atoms with Gasteiger partial charge in [-0.25, -0.2) is 9.59 Å². The van der Waals surface area contributed by atoms with Crippen LogP contribution in [0.4, 0.5) is 0 Å². The zero-order chi connectivity index (χ0) is 36.3. The maximum absolute atomic E-state index is 13.0. The van der Waals surface area contributed by atoms with E-state index in [0.717, 1.165) is 22.3 Å². The first-order chi connectivity index (χ1) is 25.3. The highest BCUT2D eigenvalue weighted by atomic mass is 16.7. The van der Waals surface area contributed by atoms with E-state index in [1.54, 1.807) is 0 Å². The van der Waals surface area contributed by atoms with E-state index in [2.05, 4.69) is 0 Å². The Balaban J connectivity index is 1.35. The number of aliphatic hydroxyl groups is 1. The van der Waals surface area contributed by atoms with Crippen LogP contribution in [0.1, 0.15) is 42.5 Å². The second-order valence-electron chi connectivity index (χ2n) is 13.2. The molecule has 1 N–H and O–H groups in total. The second kappa shape index (κ2) is 17.6. The third kappa shape index (κ3) is 9.93. The van der Waals surface area contributed by atoms with Crippen molar-refractivity contribution in [3.05, 3.63) is 155 Å². The largest absolute Gasteiger partial charge is 0.511 e. The maximum Gasteiger partial charge on any atom is 0.352 e. The van der Waals surface area contributed by atoms with Crippen molar-refractivity contribution >= 4 is 11.9 Å². The van der Waals surface area contributed by atoms with Crippen LogP contribution in [-0.2, 0) is 69.2 Å². The first-order valence-corrected chi connectivity index (χ1v) is 17.4. The quantitative estimate of drug-likeness (QED) is 0.0614.